The molecular weight excluding hydrogens is 378 g/mol. The van der Waals surface area contributed by atoms with Crippen LogP contribution in [-0.2, 0) is 12.0 Å². The molecule has 3 heteroatoms. The summed E-state index contributed by atoms with van der Waals surface area (Å²) in [5.74, 6) is 1.06. The summed E-state index contributed by atoms with van der Waals surface area (Å²) in [7, 11) is 0. The van der Waals surface area contributed by atoms with Gasteiger partial charge in [-0.15, -0.1) is 0 Å². The largest absolute Gasteiger partial charge is 0.323 e. The van der Waals surface area contributed by atoms with Crippen LogP contribution in [0.2, 0.25) is 0 Å². The maximum atomic E-state index is 5.54. The average Bonchev–Trinajstić information content (AvgIpc) is 3.13. The van der Waals surface area contributed by atoms with E-state index in [1.807, 2.05) is 6.20 Å². The van der Waals surface area contributed by atoms with Crippen LogP contribution in [0.1, 0.15) is 36.0 Å². The molecule has 1 unspecified atom stereocenters. The first-order valence-electron chi connectivity index (χ1n) is 11.2. The van der Waals surface area contributed by atoms with Crippen molar-refractivity contribution in [2.45, 2.75) is 31.2 Å². The van der Waals surface area contributed by atoms with E-state index in [4.69, 9.17) is 4.99 Å². The molecule has 2 heterocycles. The fourth-order valence-corrected chi connectivity index (χ4v) is 5.30. The van der Waals surface area contributed by atoms with Crippen LogP contribution in [0.15, 0.2) is 96.1 Å². The lowest BCUT2D eigenvalue weighted by Gasteiger charge is -2.29. The second-order valence-electron chi connectivity index (χ2n) is 8.63. The van der Waals surface area contributed by atoms with Crippen molar-refractivity contribution >= 4 is 22.4 Å². The van der Waals surface area contributed by atoms with Gasteiger partial charge in [0.2, 0.25) is 0 Å². The van der Waals surface area contributed by atoms with E-state index in [-0.39, 0.29) is 5.54 Å². The highest BCUT2D eigenvalue weighted by Crippen LogP contribution is 2.44. The van der Waals surface area contributed by atoms with E-state index < -0.39 is 0 Å². The van der Waals surface area contributed by atoms with Gasteiger partial charge in [-0.1, -0.05) is 79.2 Å². The maximum absolute atomic E-state index is 5.54. The molecule has 152 valence electrons. The zero-order valence-corrected chi connectivity index (χ0v) is 17.5. The second-order valence-corrected chi connectivity index (χ2v) is 8.63. The Morgan fingerprint density at radius 3 is 2.52 bits per heavy atom. The number of aliphatic imine (C=N–C) groups is 1. The molecule has 1 aliphatic heterocycles. The Balaban J connectivity index is 1.57. The van der Waals surface area contributed by atoms with Crippen LogP contribution in [0, 0.1) is 0 Å². The Kier molecular flexibility index (Phi) is 4.34. The average molecular weight is 404 g/mol. The lowest BCUT2D eigenvalue weighted by molar-refractivity contribution is 0.436. The van der Waals surface area contributed by atoms with Gasteiger partial charge in [0.15, 0.2) is 0 Å². The van der Waals surface area contributed by atoms with E-state index in [0.717, 1.165) is 30.7 Å². The lowest BCUT2D eigenvalue weighted by Crippen LogP contribution is -2.35. The van der Waals surface area contributed by atoms with Crippen LogP contribution in [0.3, 0.4) is 0 Å². The van der Waals surface area contributed by atoms with E-state index >= 15 is 0 Å². The van der Waals surface area contributed by atoms with Crippen molar-refractivity contribution in [3.8, 4) is 0 Å². The zero-order chi connectivity index (χ0) is 20.7. The first kappa shape index (κ1) is 18.3. The van der Waals surface area contributed by atoms with Gasteiger partial charge in [-0.2, -0.15) is 0 Å². The highest BCUT2D eigenvalue weighted by molar-refractivity contribution is 6.14. The first-order valence-corrected chi connectivity index (χ1v) is 11.2. The van der Waals surface area contributed by atoms with Crippen molar-refractivity contribution < 1.29 is 0 Å². The molecular formula is C28H25N3. The zero-order valence-electron chi connectivity index (χ0n) is 17.5. The van der Waals surface area contributed by atoms with Crippen molar-refractivity contribution in [1.29, 1.82) is 0 Å². The van der Waals surface area contributed by atoms with Gasteiger partial charge in [-0.25, -0.2) is 0 Å². The Labute approximate surface area is 183 Å². The highest BCUT2D eigenvalue weighted by Gasteiger charge is 2.43. The van der Waals surface area contributed by atoms with Crippen LogP contribution >= 0.6 is 0 Å². The molecule has 0 fully saturated rings. The van der Waals surface area contributed by atoms with Gasteiger partial charge in [0.1, 0.15) is 11.4 Å². The number of hydrogen-bond donors (Lipinski definition) is 0. The van der Waals surface area contributed by atoms with Gasteiger partial charge >= 0.3 is 0 Å². The van der Waals surface area contributed by atoms with Gasteiger partial charge in [0, 0.05) is 17.1 Å². The molecule has 0 saturated heterocycles. The predicted octanol–water partition coefficient (Wildman–Crippen LogP) is 6.12. The number of rotatable bonds is 2. The molecule has 1 spiro atoms. The lowest BCUT2D eigenvalue weighted by atomic mass is 9.85. The van der Waals surface area contributed by atoms with Crippen molar-refractivity contribution in [3.05, 3.63) is 108 Å². The van der Waals surface area contributed by atoms with Gasteiger partial charge < -0.3 is 4.90 Å². The minimum atomic E-state index is -0.206. The van der Waals surface area contributed by atoms with Gasteiger partial charge in [0.25, 0.3) is 0 Å². The molecule has 1 atom stereocenters. The summed E-state index contributed by atoms with van der Waals surface area (Å²) >= 11 is 0. The second kappa shape index (κ2) is 7.35. The SMILES string of the molecule is c1ccc(C2=NC3(CCCCc4ccccc43)CN2c2ccnc3ccccc23)cc1. The molecule has 3 aromatic carbocycles. The monoisotopic (exact) mass is 403 g/mol. The number of fused-ring (bicyclic) bond motifs is 3. The molecule has 0 radical (unpaired) electrons. The summed E-state index contributed by atoms with van der Waals surface area (Å²) in [4.78, 5) is 12.6. The molecule has 1 aliphatic carbocycles. The summed E-state index contributed by atoms with van der Waals surface area (Å²) in [5, 5.41) is 1.17. The van der Waals surface area contributed by atoms with Crippen molar-refractivity contribution in [2.75, 3.05) is 11.4 Å². The fraction of sp³-hybridized carbons (Fsp3) is 0.214. The summed E-state index contributed by atoms with van der Waals surface area (Å²) < 4.78 is 0. The molecule has 0 N–H and O–H groups in total. The third-order valence-electron chi connectivity index (χ3n) is 6.75. The summed E-state index contributed by atoms with van der Waals surface area (Å²) in [6.45, 7) is 0.863. The number of para-hydroxylation sites is 1. The van der Waals surface area contributed by atoms with Gasteiger partial charge in [-0.3, -0.25) is 9.98 Å². The predicted molar refractivity (Wildman–Crippen MR) is 128 cm³/mol. The molecule has 1 aromatic heterocycles. The van der Waals surface area contributed by atoms with Crippen molar-refractivity contribution in [3.63, 3.8) is 0 Å². The molecule has 0 bridgehead atoms. The Morgan fingerprint density at radius 2 is 1.58 bits per heavy atom. The molecule has 0 saturated carbocycles. The third-order valence-corrected chi connectivity index (χ3v) is 6.75. The normalized spacial score (nSPS) is 20.5. The van der Waals surface area contributed by atoms with E-state index in [2.05, 4.69) is 94.8 Å². The number of aryl methyl sites for hydroxylation is 1. The molecule has 2 aliphatic rings. The topological polar surface area (TPSA) is 28.5 Å². The highest BCUT2D eigenvalue weighted by atomic mass is 15.3. The van der Waals surface area contributed by atoms with Crippen molar-refractivity contribution in [1.82, 2.24) is 4.98 Å². The Bertz CT molecular complexity index is 1270. The molecule has 6 rings (SSSR count). The molecule has 3 nitrogen and oxygen atoms in total. The first-order chi connectivity index (χ1) is 15.3. The van der Waals surface area contributed by atoms with Crippen LogP contribution in [0.5, 0.6) is 0 Å². The van der Waals surface area contributed by atoms with Crippen LogP contribution in [0.25, 0.3) is 10.9 Å². The van der Waals surface area contributed by atoms with E-state index in [0.29, 0.717) is 0 Å². The number of benzene rings is 3. The maximum Gasteiger partial charge on any atom is 0.136 e. The fourth-order valence-electron chi connectivity index (χ4n) is 5.30. The number of anilines is 1. The van der Waals surface area contributed by atoms with E-state index in [9.17, 15) is 0 Å². The third kappa shape index (κ3) is 3.04. The number of amidine groups is 1. The Morgan fingerprint density at radius 1 is 0.774 bits per heavy atom. The number of nitrogens with zero attached hydrogens (tertiary/aromatic N) is 3. The van der Waals surface area contributed by atoms with Crippen LogP contribution in [-0.4, -0.2) is 17.4 Å². The molecule has 0 amide bonds. The van der Waals surface area contributed by atoms with Crippen LogP contribution in [0.4, 0.5) is 5.69 Å². The smallest absolute Gasteiger partial charge is 0.136 e. The number of aromatic nitrogens is 1. The standard InChI is InChI=1S/C28H25N3/c1-2-12-22(13-3-1)27-30-28(18-9-8-11-21-10-4-6-15-24(21)28)20-31(27)26-17-19-29-25-16-7-5-14-23(25)26/h1-7,10,12-17,19H,8-9,11,18,20H2. The van der Waals surface area contributed by atoms with Gasteiger partial charge in [0.05, 0.1) is 17.7 Å². The summed E-state index contributed by atoms with van der Waals surface area (Å²) in [6, 6.07) is 30.1. The summed E-state index contributed by atoms with van der Waals surface area (Å²) in [5.41, 5.74) is 6.03. The van der Waals surface area contributed by atoms with E-state index in [1.165, 1.54) is 40.6 Å². The van der Waals surface area contributed by atoms with Gasteiger partial charge in [-0.05, 0) is 42.5 Å². The number of hydrogen-bond acceptors (Lipinski definition) is 3. The number of pyridine rings is 1. The minimum absolute atomic E-state index is 0.206. The quantitative estimate of drug-likeness (QED) is 0.403. The Hall–Kier alpha value is -3.46. The minimum Gasteiger partial charge on any atom is -0.323 e. The van der Waals surface area contributed by atoms with Crippen molar-refractivity contribution in [2.24, 2.45) is 4.99 Å². The van der Waals surface area contributed by atoms with E-state index in [1.54, 1.807) is 0 Å². The molecule has 4 aromatic rings. The van der Waals surface area contributed by atoms with Crippen LogP contribution < -0.4 is 4.90 Å². The molecule has 31 heavy (non-hydrogen) atoms. The summed E-state index contributed by atoms with van der Waals surface area (Å²) in [6.07, 6.45) is 6.58.